The van der Waals surface area contributed by atoms with E-state index in [1.807, 2.05) is 62.4 Å². The average Bonchev–Trinajstić information content (AvgIpc) is 2.69. The molecule has 0 atom stereocenters. The SMILES string of the molecule is Cc1cccc(C)c1OCC(=O)Oc1ccc(C(=O)Nc2ccccc2)cc1. The number of rotatable bonds is 6. The Morgan fingerprint density at radius 2 is 1.46 bits per heavy atom. The van der Waals surface area contributed by atoms with Crippen LogP contribution in [0.2, 0.25) is 0 Å². The van der Waals surface area contributed by atoms with Gasteiger partial charge in [-0.2, -0.15) is 0 Å². The Morgan fingerprint density at radius 3 is 2.11 bits per heavy atom. The zero-order valence-electron chi connectivity index (χ0n) is 15.8. The number of carbonyl (C=O) groups excluding carboxylic acids is 2. The molecular weight excluding hydrogens is 354 g/mol. The molecule has 0 bridgehead atoms. The van der Waals surface area contributed by atoms with Crippen LogP contribution in [0.3, 0.4) is 0 Å². The Hall–Kier alpha value is -3.60. The highest BCUT2D eigenvalue weighted by molar-refractivity contribution is 6.04. The van der Waals surface area contributed by atoms with E-state index in [2.05, 4.69) is 5.32 Å². The van der Waals surface area contributed by atoms with E-state index in [1.54, 1.807) is 24.3 Å². The minimum atomic E-state index is -0.510. The van der Waals surface area contributed by atoms with Crippen molar-refractivity contribution in [2.24, 2.45) is 0 Å². The van der Waals surface area contributed by atoms with E-state index in [-0.39, 0.29) is 12.5 Å². The van der Waals surface area contributed by atoms with Crippen molar-refractivity contribution in [2.75, 3.05) is 11.9 Å². The topological polar surface area (TPSA) is 64.6 Å². The summed E-state index contributed by atoms with van der Waals surface area (Å²) < 4.78 is 10.9. The number of esters is 1. The molecule has 0 heterocycles. The molecule has 0 unspecified atom stereocenters. The molecule has 0 aliphatic rings. The number of nitrogens with one attached hydrogen (secondary N) is 1. The molecule has 3 rings (SSSR count). The molecule has 1 N–H and O–H groups in total. The lowest BCUT2D eigenvalue weighted by atomic mass is 10.1. The second-order valence-corrected chi connectivity index (χ2v) is 6.33. The van der Waals surface area contributed by atoms with Crippen LogP contribution in [0.15, 0.2) is 72.8 Å². The van der Waals surface area contributed by atoms with Crippen molar-refractivity contribution in [1.82, 2.24) is 0 Å². The quantitative estimate of drug-likeness (QED) is 0.507. The van der Waals surface area contributed by atoms with Gasteiger partial charge in [-0.25, -0.2) is 4.79 Å². The fraction of sp³-hybridized carbons (Fsp3) is 0.130. The summed E-state index contributed by atoms with van der Waals surface area (Å²) in [5.41, 5.74) is 3.10. The number of hydrogen-bond acceptors (Lipinski definition) is 4. The standard InChI is InChI=1S/C23H21NO4/c1-16-7-6-8-17(2)22(16)27-15-21(25)28-20-13-11-18(12-14-20)23(26)24-19-9-4-3-5-10-19/h3-14H,15H2,1-2H3,(H,24,26). The minimum absolute atomic E-state index is 0.193. The molecule has 0 fully saturated rings. The van der Waals surface area contributed by atoms with Gasteiger partial charge in [0.05, 0.1) is 0 Å². The van der Waals surface area contributed by atoms with Crippen molar-refractivity contribution >= 4 is 17.6 Å². The predicted octanol–water partition coefficient (Wildman–Crippen LogP) is 4.54. The van der Waals surface area contributed by atoms with Crippen molar-refractivity contribution < 1.29 is 19.1 Å². The summed E-state index contributed by atoms with van der Waals surface area (Å²) in [6, 6.07) is 21.3. The first-order chi connectivity index (χ1) is 13.5. The van der Waals surface area contributed by atoms with Gasteiger partial charge in [-0.05, 0) is 61.4 Å². The molecule has 0 aliphatic heterocycles. The highest BCUT2D eigenvalue weighted by Crippen LogP contribution is 2.22. The van der Waals surface area contributed by atoms with Gasteiger partial charge in [0.1, 0.15) is 11.5 Å². The van der Waals surface area contributed by atoms with E-state index in [9.17, 15) is 9.59 Å². The largest absolute Gasteiger partial charge is 0.481 e. The first kappa shape index (κ1) is 19.2. The summed E-state index contributed by atoms with van der Waals surface area (Å²) in [4.78, 5) is 24.3. The van der Waals surface area contributed by atoms with Gasteiger partial charge in [0.15, 0.2) is 6.61 Å². The van der Waals surface area contributed by atoms with Crippen molar-refractivity contribution in [3.05, 3.63) is 89.5 Å². The van der Waals surface area contributed by atoms with Crippen LogP contribution in [-0.4, -0.2) is 18.5 Å². The maximum Gasteiger partial charge on any atom is 0.349 e. The summed E-state index contributed by atoms with van der Waals surface area (Å²) in [6.07, 6.45) is 0. The Morgan fingerprint density at radius 1 is 0.821 bits per heavy atom. The Bertz CT molecular complexity index is 945. The van der Waals surface area contributed by atoms with E-state index in [0.717, 1.165) is 11.1 Å². The predicted molar refractivity (Wildman–Crippen MR) is 108 cm³/mol. The van der Waals surface area contributed by atoms with Crippen molar-refractivity contribution in [3.63, 3.8) is 0 Å². The van der Waals surface area contributed by atoms with E-state index < -0.39 is 5.97 Å². The van der Waals surface area contributed by atoms with E-state index >= 15 is 0 Å². The van der Waals surface area contributed by atoms with E-state index in [1.165, 1.54) is 0 Å². The van der Waals surface area contributed by atoms with Crippen LogP contribution in [-0.2, 0) is 4.79 Å². The Kier molecular flexibility index (Phi) is 6.07. The van der Waals surface area contributed by atoms with Crippen LogP contribution in [0, 0.1) is 13.8 Å². The minimum Gasteiger partial charge on any atom is -0.481 e. The fourth-order valence-electron chi connectivity index (χ4n) is 2.72. The monoisotopic (exact) mass is 375 g/mol. The molecule has 0 saturated heterocycles. The van der Waals surface area contributed by atoms with Crippen LogP contribution in [0.1, 0.15) is 21.5 Å². The maximum absolute atomic E-state index is 12.2. The number of benzene rings is 3. The van der Waals surface area contributed by atoms with Crippen LogP contribution < -0.4 is 14.8 Å². The molecule has 0 aliphatic carbocycles. The highest BCUT2D eigenvalue weighted by Gasteiger charge is 2.11. The molecule has 142 valence electrons. The molecule has 1 amide bonds. The molecule has 0 spiro atoms. The summed E-state index contributed by atoms with van der Waals surface area (Å²) in [7, 11) is 0. The average molecular weight is 375 g/mol. The highest BCUT2D eigenvalue weighted by atomic mass is 16.6. The lowest BCUT2D eigenvalue weighted by Gasteiger charge is -2.11. The van der Waals surface area contributed by atoms with Gasteiger partial charge >= 0.3 is 5.97 Å². The molecule has 5 nitrogen and oxygen atoms in total. The first-order valence-corrected chi connectivity index (χ1v) is 8.89. The number of aryl methyl sites for hydroxylation is 2. The Labute approximate surface area is 163 Å². The number of ether oxygens (including phenoxy) is 2. The summed E-state index contributed by atoms with van der Waals surface area (Å²) in [5.74, 6) is 0.297. The summed E-state index contributed by atoms with van der Waals surface area (Å²) >= 11 is 0. The number of anilines is 1. The molecular formula is C23H21NO4. The van der Waals surface area contributed by atoms with E-state index in [4.69, 9.17) is 9.47 Å². The molecule has 5 heteroatoms. The van der Waals surface area contributed by atoms with Gasteiger partial charge in [0.25, 0.3) is 5.91 Å². The lowest BCUT2D eigenvalue weighted by molar-refractivity contribution is -0.136. The van der Waals surface area contributed by atoms with E-state index in [0.29, 0.717) is 22.7 Å². The number of carbonyl (C=O) groups is 2. The van der Waals surface area contributed by atoms with Gasteiger partial charge < -0.3 is 14.8 Å². The molecule has 3 aromatic rings. The first-order valence-electron chi connectivity index (χ1n) is 8.89. The maximum atomic E-state index is 12.2. The van der Waals surface area contributed by atoms with Crippen LogP contribution >= 0.6 is 0 Å². The van der Waals surface area contributed by atoms with Gasteiger partial charge in [0.2, 0.25) is 0 Å². The number of amides is 1. The number of para-hydroxylation sites is 2. The smallest absolute Gasteiger partial charge is 0.349 e. The Balaban J connectivity index is 1.55. The third-order valence-corrected chi connectivity index (χ3v) is 4.12. The second kappa shape index (κ2) is 8.86. The fourth-order valence-corrected chi connectivity index (χ4v) is 2.72. The zero-order valence-corrected chi connectivity index (χ0v) is 15.8. The van der Waals surface area contributed by atoms with Crippen LogP contribution in [0.5, 0.6) is 11.5 Å². The lowest BCUT2D eigenvalue weighted by Crippen LogP contribution is -2.18. The number of hydrogen-bond donors (Lipinski definition) is 1. The van der Waals surface area contributed by atoms with Gasteiger partial charge in [-0.1, -0.05) is 36.4 Å². The molecule has 0 radical (unpaired) electrons. The van der Waals surface area contributed by atoms with Crippen molar-refractivity contribution in [1.29, 1.82) is 0 Å². The third kappa shape index (κ3) is 4.98. The molecule has 0 saturated carbocycles. The molecule has 28 heavy (non-hydrogen) atoms. The second-order valence-electron chi connectivity index (χ2n) is 6.33. The van der Waals surface area contributed by atoms with Crippen LogP contribution in [0.4, 0.5) is 5.69 Å². The van der Waals surface area contributed by atoms with Gasteiger partial charge in [-0.15, -0.1) is 0 Å². The van der Waals surface area contributed by atoms with Crippen molar-refractivity contribution in [3.8, 4) is 11.5 Å². The zero-order chi connectivity index (χ0) is 19.9. The van der Waals surface area contributed by atoms with Crippen molar-refractivity contribution in [2.45, 2.75) is 13.8 Å². The summed E-state index contributed by atoms with van der Waals surface area (Å²) in [6.45, 7) is 3.65. The van der Waals surface area contributed by atoms with Gasteiger partial charge in [0, 0.05) is 11.3 Å². The van der Waals surface area contributed by atoms with Gasteiger partial charge in [-0.3, -0.25) is 4.79 Å². The van der Waals surface area contributed by atoms with Crippen LogP contribution in [0.25, 0.3) is 0 Å². The molecule has 0 aromatic heterocycles. The normalized spacial score (nSPS) is 10.2. The summed E-state index contributed by atoms with van der Waals surface area (Å²) in [5, 5.41) is 2.80. The third-order valence-electron chi connectivity index (χ3n) is 4.12. The molecule has 3 aromatic carbocycles.